The van der Waals surface area contributed by atoms with E-state index in [0.29, 0.717) is 25.2 Å². The molecule has 1 heterocycles. The van der Waals surface area contributed by atoms with Crippen molar-refractivity contribution < 1.29 is 14.6 Å². The Kier molecular flexibility index (Phi) is 7.67. The Morgan fingerprint density at radius 3 is 1.74 bits per heavy atom. The number of nitro benzene ring substituents is 2. The molecular weight excluding hydrogens is 541 g/mol. The maximum absolute atomic E-state index is 11.6. The van der Waals surface area contributed by atoms with Crippen LogP contribution in [0.15, 0.2) is 91.0 Å². The van der Waals surface area contributed by atoms with Crippen LogP contribution in [0.5, 0.6) is 5.75 Å². The molecule has 4 aromatic rings. The Hall–Kier alpha value is -4.14. The largest absolute Gasteiger partial charge is 0.489 e. The van der Waals surface area contributed by atoms with E-state index >= 15 is 0 Å². The van der Waals surface area contributed by atoms with Crippen molar-refractivity contribution >= 4 is 40.3 Å². The van der Waals surface area contributed by atoms with Crippen molar-refractivity contribution in [3.63, 3.8) is 0 Å². The summed E-state index contributed by atoms with van der Waals surface area (Å²) in [4.78, 5) is 24.3. The molecule has 0 saturated carbocycles. The molecule has 2 atom stereocenters. The first-order valence-electron chi connectivity index (χ1n) is 12.2. The van der Waals surface area contributed by atoms with Gasteiger partial charge in [0.2, 0.25) is 0 Å². The van der Waals surface area contributed by atoms with Crippen LogP contribution < -0.4 is 9.64 Å². The van der Waals surface area contributed by atoms with Crippen molar-refractivity contribution in [3.8, 4) is 5.75 Å². The number of ether oxygens (including phenoxy) is 1. The second-order valence-corrected chi connectivity index (χ2v) is 10.0. The van der Waals surface area contributed by atoms with E-state index < -0.39 is 9.85 Å². The van der Waals surface area contributed by atoms with Gasteiger partial charge in [-0.2, -0.15) is 0 Å². The van der Waals surface area contributed by atoms with Gasteiger partial charge in [-0.15, -0.1) is 0 Å². The van der Waals surface area contributed by atoms with E-state index in [-0.39, 0.29) is 33.5 Å². The van der Waals surface area contributed by atoms with Crippen molar-refractivity contribution in [2.45, 2.75) is 31.5 Å². The predicted molar refractivity (Wildman–Crippen MR) is 151 cm³/mol. The summed E-state index contributed by atoms with van der Waals surface area (Å²) in [7, 11) is 0. The fourth-order valence-electron chi connectivity index (χ4n) is 5.03. The molecule has 0 aliphatic carbocycles. The zero-order chi connectivity index (χ0) is 27.5. The van der Waals surface area contributed by atoms with Crippen LogP contribution >= 0.6 is 23.2 Å². The lowest BCUT2D eigenvalue weighted by molar-refractivity contribution is -0.384. The number of nitrogens with zero attached hydrogens (tertiary/aromatic N) is 3. The molecule has 0 radical (unpaired) electrons. The third-order valence-electron chi connectivity index (χ3n) is 6.87. The second-order valence-electron chi connectivity index (χ2n) is 9.22. The summed E-state index contributed by atoms with van der Waals surface area (Å²) in [6.45, 7) is 0.429. The smallest absolute Gasteiger partial charge is 0.288 e. The molecule has 1 saturated heterocycles. The standard InChI is InChI=1S/C29H23Cl2N3O5/c30-24-12-6-20(16-28(24)33(35)36)26-14-15-27(21-7-13-25(31)29(17-21)34(37)38)32(26)22-8-10-23(11-9-22)39-18-19-4-2-1-3-5-19/h1-13,16-17,26-27H,14-15,18H2. The number of hydrogen-bond acceptors (Lipinski definition) is 6. The van der Waals surface area contributed by atoms with Crippen molar-refractivity contribution in [1.29, 1.82) is 0 Å². The molecule has 2 unspecified atom stereocenters. The predicted octanol–water partition coefficient (Wildman–Crippen LogP) is 8.47. The summed E-state index contributed by atoms with van der Waals surface area (Å²) in [5.41, 5.74) is 3.05. The van der Waals surface area contributed by atoms with Crippen LogP contribution in [0.3, 0.4) is 0 Å². The van der Waals surface area contributed by atoms with Crippen LogP contribution in [0.2, 0.25) is 10.0 Å². The van der Waals surface area contributed by atoms with Crippen molar-refractivity contribution in [2.75, 3.05) is 4.90 Å². The molecule has 1 aliphatic heterocycles. The monoisotopic (exact) mass is 563 g/mol. The van der Waals surface area contributed by atoms with E-state index in [9.17, 15) is 20.2 Å². The maximum Gasteiger partial charge on any atom is 0.288 e. The van der Waals surface area contributed by atoms with E-state index in [1.54, 1.807) is 12.1 Å². The summed E-state index contributed by atoms with van der Waals surface area (Å²) in [6.07, 6.45) is 1.35. The highest BCUT2D eigenvalue weighted by Crippen LogP contribution is 2.48. The zero-order valence-electron chi connectivity index (χ0n) is 20.6. The van der Waals surface area contributed by atoms with Crippen LogP contribution in [0.4, 0.5) is 17.1 Å². The number of benzene rings is 4. The Morgan fingerprint density at radius 2 is 1.26 bits per heavy atom. The highest BCUT2D eigenvalue weighted by molar-refractivity contribution is 6.33. The Balaban J connectivity index is 1.50. The van der Waals surface area contributed by atoms with Crippen LogP contribution in [0.25, 0.3) is 0 Å². The SMILES string of the molecule is O=[N+]([O-])c1cc(C2CCC(c3ccc(Cl)c([N+](=O)[O-])c3)N2c2ccc(OCc3ccccc3)cc2)ccc1Cl. The van der Waals surface area contributed by atoms with Gasteiger partial charge in [-0.25, -0.2) is 0 Å². The molecule has 0 amide bonds. The molecule has 0 spiro atoms. The molecule has 39 heavy (non-hydrogen) atoms. The maximum atomic E-state index is 11.6. The van der Waals surface area contributed by atoms with Gasteiger partial charge in [-0.3, -0.25) is 20.2 Å². The summed E-state index contributed by atoms with van der Waals surface area (Å²) < 4.78 is 5.95. The Labute approximate surface area is 234 Å². The van der Waals surface area contributed by atoms with Gasteiger partial charge in [-0.05, 0) is 65.9 Å². The van der Waals surface area contributed by atoms with E-state index in [4.69, 9.17) is 27.9 Å². The minimum absolute atomic E-state index is 0.0677. The van der Waals surface area contributed by atoms with Gasteiger partial charge in [0.15, 0.2) is 0 Å². The minimum atomic E-state index is -0.496. The van der Waals surface area contributed by atoms with Crippen LogP contribution in [-0.2, 0) is 6.61 Å². The number of nitro groups is 2. The molecule has 198 valence electrons. The molecule has 0 N–H and O–H groups in total. The van der Waals surface area contributed by atoms with Gasteiger partial charge in [0.25, 0.3) is 11.4 Å². The van der Waals surface area contributed by atoms with E-state index in [1.807, 2.05) is 54.6 Å². The van der Waals surface area contributed by atoms with Gasteiger partial charge < -0.3 is 9.64 Å². The lowest BCUT2D eigenvalue weighted by Crippen LogP contribution is -2.26. The molecule has 1 fully saturated rings. The molecule has 1 aliphatic rings. The fourth-order valence-corrected chi connectivity index (χ4v) is 5.41. The molecular formula is C29H23Cl2N3O5. The average Bonchev–Trinajstić information content (AvgIpc) is 3.38. The van der Waals surface area contributed by atoms with Crippen molar-refractivity contribution in [2.24, 2.45) is 0 Å². The first-order valence-corrected chi connectivity index (χ1v) is 13.0. The molecule has 5 rings (SSSR count). The van der Waals surface area contributed by atoms with Gasteiger partial charge in [0.05, 0.1) is 21.9 Å². The molecule has 4 aromatic carbocycles. The number of rotatable bonds is 8. The van der Waals surface area contributed by atoms with Crippen LogP contribution in [-0.4, -0.2) is 9.85 Å². The first-order chi connectivity index (χ1) is 18.8. The van der Waals surface area contributed by atoms with Crippen molar-refractivity contribution in [1.82, 2.24) is 0 Å². The van der Waals surface area contributed by atoms with Gasteiger partial charge in [0, 0.05) is 17.8 Å². The minimum Gasteiger partial charge on any atom is -0.489 e. The topological polar surface area (TPSA) is 98.8 Å². The summed E-state index contributed by atoms with van der Waals surface area (Å²) in [5.74, 6) is 0.694. The second kappa shape index (κ2) is 11.3. The van der Waals surface area contributed by atoms with E-state index in [0.717, 1.165) is 22.4 Å². The van der Waals surface area contributed by atoms with Gasteiger partial charge in [-0.1, -0.05) is 65.7 Å². The highest BCUT2D eigenvalue weighted by atomic mass is 35.5. The van der Waals surface area contributed by atoms with Crippen LogP contribution in [0, 0.1) is 20.2 Å². The van der Waals surface area contributed by atoms with Gasteiger partial charge >= 0.3 is 0 Å². The first kappa shape index (κ1) is 26.5. The summed E-state index contributed by atoms with van der Waals surface area (Å²) in [5, 5.41) is 23.3. The quantitative estimate of drug-likeness (QED) is 0.157. The molecule has 10 heteroatoms. The summed E-state index contributed by atoms with van der Waals surface area (Å²) in [6, 6.07) is 26.7. The fraction of sp³-hybridized carbons (Fsp3) is 0.172. The Morgan fingerprint density at radius 1 is 0.744 bits per heavy atom. The average molecular weight is 564 g/mol. The third kappa shape index (κ3) is 5.67. The highest BCUT2D eigenvalue weighted by Gasteiger charge is 2.37. The number of halogens is 2. The van der Waals surface area contributed by atoms with E-state index in [1.165, 1.54) is 24.3 Å². The third-order valence-corrected chi connectivity index (χ3v) is 7.51. The normalized spacial score (nSPS) is 16.7. The number of hydrogen-bond donors (Lipinski definition) is 0. The molecule has 0 aromatic heterocycles. The molecule has 0 bridgehead atoms. The van der Waals surface area contributed by atoms with Crippen molar-refractivity contribution in [3.05, 3.63) is 138 Å². The summed E-state index contributed by atoms with van der Waals surface area (Å²) >= 11 is 12.2. The van der Waals surface area contributed by atoms with Gasteiger partial charge in [0.1, 0.15) is 22.4 Å². The Bertz CT molecular complexity index is 1440. The number of anilines is 1. The molecule has 8 nitrogen and oxygen atoms in total. The van der Waals surface area contributed by atoms with Crippen LogP contribution in [0.1, 0.15) is 41.6 Å². The zero-order valence-corrected chi connectivity index (χ0v) is 22.1. The lowest BCUT2D eigenvalue weighted by atomic mass is 10.0. The van der Waals surface area contributed by atoms with E-state index in [2.05, 4.69) is 4.90 Å². The lowest BCUT2D eigenvalue weighted by Gasteiger charge is -2.33.